The molecule has 0 radical (unpaired) electrons. The van der Waals surface area contributed by atoms with Crippen LogP contribution in [0.4, 0.5) is 0 Å². The summed E-state index contributed by atoms with van der Waals surface area (Å²) in [5.74, 6) is 0.650. The molecule has 124 valence electrons. The Hall–Kier alpha value is -0.610. The van der Waals surface area contributed by atoms with Gasteiger partial charge in [-0.05, 0) is 65.7 Å². The highest BCUT2D eigenvalue weighted by molar-refractivity contribution is 5.80. The zero-order chi connectivity index (χ0) is 15.9. The van der Waals surface area contributed by atoms with E-state index >= 15 is 0 Å². The maximum atomic E-state index is 12.2. The normalized spacial score (nSPS) is 25.6. The van der Waals surface area contributed by atoms with Gasteiger partial charge in [-0.2, -0.15) is 0 Å². The molecule has 0 saturated heterocycles. The van der Waals surface area contributed by atoms with Crippen LogP contribution in [-0.4, -0.2) is 36.9 Å². The van der Waals surface area contributed by atoms with Gasteiger partial charge in [-0.25, -0.2) is 0 Å². The van der Waals surface area contributed by atoms with E-state index in [0.717, 1.165) is 18.8 Å². The van der Waals surface area contributed by atoms with Crippen molar-refractivity contribution in [1.29, 1.82) is 0 Å². The molecule has 1 rings (SSSR count). The first-order valence-corrected chi connectivity index (χ1v) is 8.44. The van der Waals surface area contributed by atoms with Gasteiger partial charge in [0.05, 0.1) is 12.7 Å². The molecular formula is C17H33NO3. The van der Waals surface area contributed by atoms with E-state index in [1.807, 2.05) is 27.7 Å². The third-order valence-corrected chi connectivity index (χ3v) is 4.25. The number of ether oxygens (including phenoxy) is 2. The maximum absolute atomic E-state index is 12.2. The lowest BCUT2D eigenvalue weighted by molar-refractivity contribution is -0.152. The zero-order valence-corrected chi connectivity index (χ0v) is 14.4. The van der Waals surface area contributed by atoms with Gasteiger partial charge in [0.15, 0.2) is 0 Å². The zero-order valence-electron chi connectivity index (χ0n) is 14.4. The first-order chi connectivity index (χ1) is 9.87. The molecule has 1 aliphatic carbocycles. The molecule has 1 fully saturated rings. The van der Waals surface area contributed by atoms with Crippen LogP contribution in [0.3, 0.4) is 0 Å². The fourth-order valence-electron chi connectivity index (χ4n) is 2.99. The minimum atomic E-state index is -0.661. The topological polar surface area (TPSA) is 47.6 Å². The lowest BCUT2D eigenvalue weighted by Crippen LogP contribution is -2.54. The number of rotatable bonds is 8. The monoisotopic (exact) mass is 299 g/mol. The Morgan fingerprint density at radius 3 is 2.43 bits per heavy atom. The highest BCUT2D eigenvalue weighted by Gasteiger charge is 2.35. The van der Waals surface area contributed by atoms with E-state index in [1.165, 1.54) is 12.8 Å². The Balaban J connectivity index is 2.43. The van der Waals surface area contributed by atoms with Gasteiger partial charge < -0.3 is 9.47 Å². The van der Waals surface area contributed by atoms with Crippen LogP contribution >= 0.6 is 0 Å². The number of nitrogens with one attached hydrogen (secondary N) is 1. The second kappa shape index (κ2) is 8.74. The number of hydrogen-bond acceptors (Lipinski definition) is 4. The predicted molar refractivity (Wildman–Crippen MR) is 85.3 cm³/mol. The first kappa shape index (κ1) is 18.4. The highest BCUT2D eigenvalue weighted by Crippen LogP contribution is 2.26. The van der Waals surface area contributed by atoms with Gasteiger partial charge in [0.2, 0.25) is 0 Å². The summed E-state index contributed by atoms with van der Waals surface area (Å²) in [6.45, 7) is 11.2. The van der Waals surface area contributed by atoms with Crippen molar-refractivity contribution < 1.29 is 14.3 Å². The van der Waals surface area contributed by atoms with Crippen molar-refractivity contribution >= 4 is 5.97 Å². The summed E-state index contributed by atoms with van der Waals surface area (Å²) in [4.78, 5) is 12.2. The standard InChI is InChI=1S/C17H33NO3/c1-6-20-16(19)17(5,18-13(2)3)11-12-21-15-9-7-14(4)8-10-15/h13-15,18H,6-12H2,1-5H3. The van der Waals surface area contributed by atoms with E-state index in [4.69, 9.17) is 9.47 Å². The smallest absolute Gasteiger partial charge is 0.326 e. The van der Waals surface area contributed by atoms with Crippen molar-refractivity contribution in [1.82, 2.24) is 5.32 Å². The van der Waals surface area contributed by atoms with E-state index in [0.29, 0.717) is 25.7 Å². The quantitative estimate of drug-likeness (QED) is 0.699. The van der Waals surface area contributed by atoms with Crippen LogP contribution in [0.25, 0.3) is 0 Å². The molecule has 0 bridgehead atoms. The van der Waals surface area contributed by atoms with E-state index in [-0.39, 0.29) is 12.0 Å². The van der Waals surface area contributed by atoms with Crippen molar-refractivity contribution in [3.05, 3.63) is 0 Å². The number of hydrogen-bond donors (Lipinski definition) is 1. The summed E-state index contributed by atoms with van der Waals surface area (Å²) in [7, 11) is 0. The summed E-state index contributed by atoms with van der Waals surface area (Å²) < 4.78 is 11.2. The molecule has 1 saturated carbocycles. The van der Waals surface area contributed by atoms with Crippen molar-refractivity contribution in [3.63, 3.8) is 0 Å². The van der Waals surface area contributed by atoms with Gasteiger partial charge in [-0.1, -0.05) is 6.92 Å². The molecule has 0 aromatic carbocycles. The van der Waals surface area contributed by atoms with Gasteiger partial charge in [-0.3, -0.25) is 10.1 Å². The van der Waals surface area contributed by atoms with Crippen LogP contribution in [0.2, 0.25) is 0 Å². The van der Waals surface area contributed by atoms with Crippen LogP contribution in [0.5, 0.6) is 0 Å². The minimum absolute atomic E-state index is 0.181. The average molecular weight is 299 g/mol. The third kappa shape index (κ3) is 6.35. The third-order valence-electron chi connectivity index (χ3n) is 4.25. The first-order valence-electron chi connectivity index (χ1n) is 8.44. The second-order valence-corrected chi connectivity index (χ2v) is 6.85. The Labute approximate surface area is 130 Å². The molecule has 1 unspecified atom stereocenters. The van der Waals surface area contributed by atoms with Crippen LogP contribution in [-0.2, 0) is 14.3 Å². The number of carbonyl (C=O) groups is 1. The summed E-state index contributed by atoms with van der Waals surface area (Å²) in [6.07, 6.45) is 5.82. The van der Waals surface area contributed by atoms with Gasteiger partial charge in [0.1, 0.15) is 5.54 Å². The summed E-state index contributed by atoms with van der Waals surface area (Å²) in [5, 5.41) is 3.33. The van der Waals surface area contributed by atoms with E-state index in [9.17, 15) is 4.79 Å². The molecule has 1 N–H and O–H groups in total. The van der Waals surface area contributed by atoms with Crippen molar-refractivity contribution in [3.8, 4) is 0 Å². The Kier molecular flexibility index (Phi) is 7.67. The largest absolute Gasteiger partial charge is 0.465 e. The van der Waals surface area contributed by atoms with E-state index < -0.39 is 5.54 Å². The van der Waals surface area contributed by atoms with Gasteiger partial charge in [0, 0.05) is 12.6 Å². The molecule has 0 aromatic rings. The SMILES string of the molecule is CCOC(=O)C(C)(CCOC1CCC(C)CC1)NC(C)C. The fraction of sp³-hybridized carbons (Fsp3) is 0.941. The molecule has 4 heteroatoms. The molecular weight excluding hydrogens is 266 g/mol. The Morgan fingerprint density at radius 1 is 1.29 bits per heavy atom. The second-order valence-electron chi connectivity index (χ2n) is 6.85. The van der Waals surface area contributed by atoms with Crippen LogP contribution in [0.15, 0.2) is 0 Å². The molecule has 1 atom stereocenters. The summed E-state index contributed by atoms with van der Waals surface area (Å²) >= 11 is 0. The number of esters is 1. The molecule has 0 heterocycles. The minimum Gasteiger partial charge on any atom is -0.465 e. The summed E-state index contributed by atoms with van der Waals surface area (Å²) in [6, 6.07) is 0.231. The van der Waals surface area contributed by atoms with E-state index in [2.05, 4.69) is 12.2 Å². The lowest BCUT2D eigenvalue weighted by Gasteiger charge is -2.32. The molecule has 0 amide bonds. The molecule has 4 nitrogen and oxygen atoms in total. The Morgan fingerprint density at radius 2 is 1.90 bits per heavy atom. The van der Waals surface area contributed by atoms with Gasteiger partial charge in [0.25, 0.3) is 0 Å². The number of carbonyl (C=O) groups excluding carboxylic acids is 1. The Bertz CT molecular complexity index is 311. The summed E-state index contributed by atoms with van der Waals surface area (Å²) in [5.41, 5.74) is -0.661. The molecule has 1 aliphatic rings. The molecule has 0 spiro atoms. The highest BCUT2D eigenvalue weighted by atomic mass is 16.5. The molecule has 21 heavy (non-hydrogen) atoms. The fourth-order valence-corrected chi connectivity index (χ4v) is 2.99. The average Bonchev–Trinajstić information content (AvgIpc) is 2.40. The lowest BCUT2D eigenvalue weighted by atomic mass is 9.89. The molecule has 0 aliphatic heterocycles. The van der Waals surface area contributed by atoms with Gasteiger partial charge >= 0.3 is 5.97 Å². The van der Waals surface area contributed by atoms with E-state index in [1.54, 1.807) is 0 Å². The predicted octanol–water partition coefficient (Wildman–Crippen LogP) is 3.29. The van der Waals surface area contributed by atoms with Crippen molar-refractivity contribution in [2.24, 2.45) is 5.92 Å². The van der Waals surface area contributed by atoms with Crippen LogP contribution in [0.1, 0.15) is 66.7 Å². The van der Waals surface area contributed by atoms with Crippen molar-refractivity contribution in [2.75, 3.05) is 13.2 Å². The van der Waals surface area contributed by atoms with Crippen molar-refractivity contribution in [2.45, 2.75) is 84.4 Å². The molecule has 0 aromatic heterocycles. The van der Waals surface area contributed by atoms with Crippen LogP contribution in [0, 0.1) is 5.92 Å². The van der Waals surface area contributed by atoms with Crippen LogP contribution < -0.4 is 5.32 Å². The maximum Gasteiger partial charge on any atom is 0.326 e. The van der Waals surface area contributed by atoms with Gasteiger partial charge in [-0.15, -0.1) is 0 Å².